The molecule has 64 heavy (non-hydrogen) atoms. The highest BCUT2D eigenvalue weighted by atomic mass is 35.5. The Morgan fingerprint density at radius 2 is 1.75 bits per heavy atom. The molecule has 0 bridgehead atoms. The molecule has 4 N–H and O–H groups in total. The van der Waals surface area contributed by atoms with E-state index in [4.69, 9.17) is 25.2 Å². The van der Waals surface area contributed by atoms with Crippen LogP contribution in [0.4, 0.5) is 34.5 Å². The largest absolute Gasteiger partial charge is 0.494 e. The normalized spacial score (nSPS) is 19.7. The van der Waals surface area contributed by atoms with Crippen LogP contribution < -0.4 is 35.0 Å². The van der Waals surface area contributed by atoms with E-state index in [0.29, 0.717) is 42.4 Å². The van der Waals surface area contributed by atoms with Crippen LogP contribution in [0, 0.1) is 0 Å². The molecule has 4 aliphatic heterocycles. The molecule has 0 saturated carbocycles. The number of imide groups is 1. The number of nitrogens with zero attached hydrogens (tertiary/aromatic N) is 6. The molecule has 0 spiro atoms. The zero-order valence-electron chi connectivity index (χ0n) is 39.1. The lowest BCUT2D eigenvalue weighted by Crippen LogP contribution is -2.53. The summed E-state index contributed by atoms with van der Waals surface area (Å²) in [5.74, 6) is -0.255. The predicted molar refractivity (Wildman–Crippen MR) is 247 cm³/mol. The Kier molecular flexibility index (Phi) is 12.3. The Balaban J connectivity index is 0.877. The van der Waals surface area contributed by atoms with Crippen molar-refractivity contribution in [1.82, 2.24) is 30.0 Å². The number of methoxy groups -OCH3 is 2. The SMILES string of the molecule is [2H]C([2H])([2H])Oc1cc(N2CCC(N3CCN(CCc4ccc5c(c4)CN(C4CCC(=O)NC4=O)C5=O)CC3)CC2)c(CC)cc1Nc1ncc(Cl)c(Nc2cccc(OC)c2NS(C)(=O)=O)n1. The van der Waals surface area contributed by atoms with Crippen molar-refractivity contribution in [3.8, 4) is 11.5 Å². The van der Waals surface area contributed by atoms with Crippen molar-refractivity contribution in [3.63, 3.8) is 0 Å². The zero-order valence-corrected chi connectivity index (χ0v) is 37.7. The molecule has 0 radical (unpaired) electrons. The van der Waals surface area contributed by atoms with Gasteiger partial charge in [-0.15, -0.1) is 0 Å². The molecule has 1 unspecified atom stereocenters. The van der Waals surface area contributed by atoms with E-state index in [2.05, 4.69) is 51.4 Å². The number of ether oxygens (including phenoxy) is 2. The van der Waals surface area contributed by atoms with E-state index in [1.54, 1.807) is 29.2 Å². The first-order chi connectivity index (χ1) is 31.9. The first-order valence-corrected chi connectivity index (χ1v) is 23.8. The molecule has 340 valence electrons. The van der Waals surface area contributed by atoms with Gasteiger partial charge in [-0.1, -0.05) is 36.7 Å². The predicted octanol–water partition coefficient (Wildman–Crippen LogP) is 5.16. The molecular weight excluding hydrogens is 860 g/mol. The average Bonchev–Trinajstić information content (AvgIpc) is 3.61. The molecule has 3 saturated heterocycles. The first-order valence-electron chi connectivity index (χ1n) is 23.0. The average molecular weight is 919 g/mol. The number of carbonyl (C=O) groups is 3. The minimum absolute atomic E-state index is 0.0829. The molecule has 4 aromatic rings. The Labute approximate surface area is 383 Å². The molecule has 19 heteroatoms. The molecule has 3 amide bonds. The van der Waals surface area contributed by atoms with Crippen molar-refractivity contribution in [3.05, 3.63) is 82.0 Å². The summed E-state index contributed by atoms with van der Waals surface area (Å²) in [6, 6.07) is 14.3. The second kappa shape index (κ2) is 19.2. The molecular formula is C45H55ClN10O7S. The molecule has 8 rings (SSSR count). The van der Waals surface area contributed by atoms with Crippen molar-refractivity contribution in [2.24, 2.45) is 0 Å². The van der Waals surface area contributed by atoms with E-state index in [9.17, 15) is 22.8 Å². The zero-order chi connectivity index (χ0) is 47.6. The molecule has 17 nitrogen and oxygen atoms in total. The number of sulfonamides is 1. The van der Waals surface area contributed by atoms with Crippen LogP contribution in [0.2, 0.25) is 5.02 Å². The van der Waals surface area contributed by atoms with Gasteiger partial charge < -0.3 is 34.8 Å². The number of aryl methyl sites for hydroxylation is 1. The summed E-state index contributed by atoms with van der Waals surface area (Å²) < 4.78 is 61.8. The standard InChI is InChI=1S/C45H55ClN10O7S/c1-5-29-24-35(49-45-47-26-33(46)42(51-45)48-34-7-6-8-38(62-2)41(34)52-64(4,60)61)39(63-3)25-37(29)55-17-14-31(15-18-55)54-21-19-53(20-22-54)16-13-28-9-10-32-30(23-28)27-56(44(32)59)36-11-12-40(57)50-43(36)58/h6-10,23-26,31,36,52H,5,11-22,27H2,1-4H3,(H,50,57,58)(H2,47,48,49,51)/i3D3. The first kappa shape index (κ1) is 41.0. The lowest BCUT2D eigenvalue weighted by Gasteiger charge is -2.43. The molecule has 4 aliphatic rings. The molecule has 3 aromatic carbocycles. The summed E-state index contributed by atoms with van der Waals surface area (Å²) in [5, 5.41) is 8.70. The van der Waals surface area contributed by atoms with E-state index in [0.717, 1.165) is 93.7 Å². The van der Waals surface area contributed by atoms with Crippen molar-refractivity contribution in [1.29, 1.82) is 0 Å². The minimum atomic E-state index is -3.68. The third-order valence-electron chi connectivity index (χ3n) is 12.5. The fraction of sp³-hybridized carbons (Fsp3) is 0.444. The van der Waals surface area contributed by atoms with Crippen LogP contribution in [0.15, 0.2) is 54.7 Å². The second-order valence-corrected chi connectivity index (χ2v) is 18.7. The molecule has 0 aliphatic carbocycles. The van der Waals surface area contributed by atoms with Crippen LogP contribution in [0.3, 0.4) is 0 Å². The topological polar surface area (TPSA) is 191 Å². The smallest absolute Gasteiger partial charge is 0.255 e. The van der Waals surface area contributed by atoms with Gasteiger partial charge in [-0.05, 0) is 73.1 Å². The number of amides is 3. The number of hydrogen-bond donors (Lipinski definition) is 4. The van der Waals surface area contributed by atoms with Crippen molar-refractivity contribution >= 4 is 73.9 Å². The number of nitrogens with one attached hydrogen (secondary N) is 4. The summed E-state index contributed by atoms with van der Waals surface area (Å²) in [6.07, 6.45) is 6.38. The number of para-hydroxylation sites is 1. The Bertz CT molecular complexity index is 2640. The van der Waals surface area contributed by atoms with Crippen molar-refractivity contribution < 1.29 is 36.4 Å². The third-order valence-corrected chi connectivity index (χ3v) is 13.3. The van der Waals surface area contributed by atoms with Gasteiger partial charge >= 0.3 is 0 Å². The second-order valence-electron chi connectivity index (χ2n) is 16.6. The highest BCUT2D eigenvalue weighted by Crippen LogP contribution is 2.39. The summed E-state index contributed by atoms with van der Waals surface area (Å²) in [4.78, 5) is 55.1. The van der Waals surface area contributed by atoms with Crippen LogP contribution >= 0.6 is 11.6 Å². The van der Waals surface area contributed by atoms with E-state index >= 15 is 0 Å². The fourth-order valence-electron chi connectivity index (χ4n) is 9.13. The Hall–Kier alpha value is -5.69. The Morgan fingerprint density at radius 3 is 2.47 bits per heavy atom. The summed E-state index contributed by atoms with van der Waals surface area (Å²) in [6.45, 7) is 8.72. The number of hydrogen-bond acceptors (Lipinski definition) is 14. The number of anilines is 6. The maximum atomic E-state index is 13.1. The summed E-state index contributed by atoms with van der Waals surface area (Å²) in [5.41, 5.74) is 5.41. The van der Waals surface area contributed by atoms with E-state index < -0.39 is 29.0 Å². The van der Waals surface area contributed by atoms with Crippen LogP contribution in [-0.2, 0) is 39.0 Å². The van der Waals surface area contributed by atoms with Crippen LogP contribution in [-0.4, -0.2) is 129 Å². The summed E-state index contributed by atoms with van der Waals surface area (Å²) in [7, 11) is -5.01. The fourth-order valence-corrected chi connectivity index (χ4v) is 9.85. The van der Waals surface area contributed by atoms with Gasteiger partial charge in [0.1, 0.15) is 28.3 Å². The van der Waals surface area contributed by atoms with Crippen LogP contribution in [0.5, 0.6) is 11.5 Å². The number of piperazine rings is 1. The van der Waals surface area contributed by atoms with Gasteiger partial charge in [0.15, 0.2) is 5.82 Å². The van der Waals surface area contributed by atoms with Crippen molar-refractivity contribution in [2.45, 2.75) is 64.1 Å². The van der Waals surface area contributed by atoms with Gasteiger partial charge in [-0.3, -0.25) is 29.3 Å². The van der Waals surface area contributed by atoms with E-state index in [1.807, 2.05) is 25.1 Å². The van der Waals surface area contributed by atoms with Gasteiger partial charge in [-0.25, -0.2) is 13.4 Å². The van der Waals surface area contributed by atoms with Crippen LogP contribution in [0.1, 0.15) is 63.8 Å². The highest BCUT2D eigenvalue weighted by molar-refractivity contribution is 7.92. The number of halogens is 1. The van der Waals surface area contributed by atoms with E-state index in [1.165, 1.54) is 13.3 Å². The van der Waals surface area contributed by atoms with Gasteiger partial charge in [0.05, 0.1) is 42.1 Å². The maximum absolute atomic E-state index is 13.1. The van der Waals surface area contributed by atoms with Crippen molar-refractivity contribution in [2.75, 3.05) is 86.5 Å². The number of aromatic nitrogens is 2. The molecule has 3 fully saturated rings. The summed E-state index contributed by atoms with van der Waals surface area (Å²) >= 11 is 6.51. The lowest BCUT2D eigenvalue weighted by molar-refractivity contribution is -0.136. The van der Waals surface area contributed by atoms with Gasteiger partial charge in [0.2, 0.25) is 27.8 Å². The molecule has 1 atom stereocenters. The Morgan fingerprint density at radius 1 is 0.953 bits per heavy atom. The lowest BCUT2D eigenvalue weighted by atomic mass is 9.99. The maximum Gasteiger partial charge on any atom is 0.255 e. The van der Waals surface area contributed by atoms with E-state index in [-0.39, 0.29) is 52.2 Å². The van der Waals surface area contributed by atoms with Gasteiger partial charge in [0, 0.05) is 82.1 Å². The monoisotopic (exact) mass is 917 g/mol. The number of piperidine rings is 2. The van der Waals surface area contributed by atoms with Gasteiger partial charge in [0.25, 0.3) is 5.91 Å². The van der Waals surface area contributed by atoms with Crippen LogP contribution in [0.25, 0.3) is 0 Å². The van der Waals surface area contributed by atoms with Gasteiger partial charge in [-0.2, -0.15) is 4.98 Å². The quantitative estimate of drug-likeness (QED) is 0.115. The molecule has 1 aromatic heterocycles. The molecule has 5 heterocycles. The highest BCUT2D eigenvalue weighted by Gasteiger charge is 2.39. The number of benzene rings is 3. The number of carbonyl (C=O) groups excluding carboxylic acids is 3. The number of rotatable bonds is 15. The number of fused-ring (bicyclic) bond motifs is 1. The third kappa shape index (κ3) is 9.99. The minimum Gasteiger partial charge on any atom is -0.494 e.